The van der Waals surface area contributed by atoms with Crippen molar-refractivity contribution in [2.75, 3.05) is 9.80 Å². The van der Waals surface area contributed by atoms with Gasteiger partial charge in [-0.15, -0.1) is 0 Å². The van der Waals surface area contributed by atoms with Gasteiger partial charge < -0.3 is 9.80 Å². The largest absolute Gasteiger partial charge is 0.311 e. The molecule has 2 saturated carbocycles. The zero-order chi connectivity index (χ0) is 31.5. The average molecular weight is 643 g/mol. The molecule has 6 heteroatoms. The monoisotopic (exact) mass is 642 g/mol. The molecule has 4 bridgehead atoms. The van der Waals surface area contributed by atoms with E-state index in [2.05, 4.69) is 101 Å². The van der Waals surface area contributed by atoms with E-state index in [1.807, 2.05) is 0 Å². The highest BCUT2D eigenvalue weighted by atomic mass is 32.2. The van der Waals surface area contributed by atoms with Crippen molar-refractivity contribution in [3.8, 4) is 0 Å². The molecule has 0 aromatic heterocycles. The van der Waals surface area contributed by atoms with Gasteiger partial charge in [-0.1, -0.05) is 42.5 Å². The summed E-state index contributed by atoms with van der Waals surface area (Å²) in [7, 11) is -3.82. The van der Waals surface area contributed by atoms with E-state index in [-0.39, 0.29) is 6.71 Å². The maximum absolute atomic E-state index is 16.0. The summed E-state index contributed by atoms with van der Waals surface area (Å²) in [6.45, 7) is -0.119. The summed E-state index contributed by atoms with van der Waals surface area (Å²) in [5.74, 6) is 1.51. The minimum atomic E-state index is -3.82. The van der Waals surface area contributed by atoms with E-state index in [1.165, 1.54) is 39.1 Å². The van der Waals surface area contributed by atoms with Crippen molar-refractivity contribution in [3.05, 3.63) is 113 Å². The zero-order valence-electron chi connectivity index (χ0n) is 26.8. The lowest BCUT2D eigenvalue weighted by atomic mass is 9.32. The first kappa shape index (κ1) is 26.6. The molecule has 14 rings (SSSR count). The smallest absolute Gasteiger partial charge is 0.255 e. The van der Waals surface area contributed by atoms with Crippen LogP contribution in [0.15, 0.2) is 101 Å². The van der Waals surface area contributed by atoms with Crippen LogP contribution in [0.2, 0.25) is 0 Å². The molecule has 5 aromatic rings. The van der Waals surface area contributed by atoms with E-state index < -0.39 is 9.84 Å². The second-order valence-corrected chi connectivity index (χ2v) is 17.2. The maximum atomic E-state index is 16.0. The Morgan fingerprint density at radius 1 is 0.479 bits per heavy atom. The van der Waals surface area contributed by atoms with Gasteiger partial charge in [0.15, 0.2) is 0 Å². The Morgan fingerprint density at radius 3 is 1.33 bits per heavy atom. The van der Waals surface area contributed by atoms with E-state index >= 15 is 8.42 Å². The van der Waals surface area contributed by atoms with Crippen molar-refractivity contribution in [2.24, 2.45) is 0 Å². The van der Waals surface area contributed by atoms with E-state index in [4.69, 9.17) is 0 Å². The van der Waals surface area contributed by atoms with Gasteiger partial charge in [-0.05, 0) is 162 Å². The SMILES string of the molecule is O=S1(=O)c2c3c(cc4c2C2CCC4CC2)N(c2ccccc2)c2cccc4c2B3c2c(cc3c(c21)C1CCC3CC1)N4c1ccccc1. The van der Waals surface area contributed by atoms with Crippen LogP contribution in [-0.2, 0) is 9.84 Å². The number of nitrogens with zero attached hydrogens (tertiary/aromatic N) is 2. The van der Waals surface area contributed by atoms with Gasteiger partial charge in [-0.3, -0.25) is 0 Å². The second-order valence-electron chi connectivity index (χ2n) is 15.4. The molecule has 0 spiro atoms. The Hall–Kier alpha value is -4.29. The number of para-hydroxylation sites is 2. The molecule has 3 aliphatic heterocycles. The average Bonchev–Trinajstić information content (AvgIpc) is 3.14. The van der Waals surface area contributed by atoms with E-state index in [9.17, 15) is 0 Å². The van der Waals surface area contributed by atoms with Gasteiger partial charge in [0.05, 0.1) is 9.79 Å². The predicted octanol–water partition coefficient (Wildman–Crippen LogP) is 8.43. The first-order valence-electron chi connectivity index (χ1n) is 18.1. The highest BCUT2D eigenvalue weighted by molar-refractivity contribution is 7.92. The third kappa shape index (κ3) is 3.09. The van der Waals surface area contributed by atoms with Crippen LogP contribution < -0.4 is 26.2 Å². The molecule has 0 saturated heterocycles. The molecule has 5 aromatic carbocycles. The fourth-order valence-corrected chi connectivity index (χ4v) is 13.9. The van der Waals surface area contributed by atoms with Gasteiger partial charge >= 0.3 is 0 Å². The summed E-state index contributed by atoms with van der Waals surface area (Å²) in [6.07, 6.45) is 9.07. The number of hydrogen-bond donors (Lipinski definition) is 0. The Bertz CT molecular complexity index is 2200. The molecule has 9 aliphatic rings. The van der Waals surface area contributed by atoms with Crippen molar-refractivity contribution in [3.63, 3.8) is 0 Å². The normalized spacial score (nSPS) is 25.5. The Kier molecular flexibility index (Phi) is 5.01. The predicted molar refractivity (Wildman–Crippen MR) is 194 cm³/mol. The fraction of sp³-hybridized carbons (Fsp3) is 0.286. The highest BCUT2D eigenvalue weighted by Crippen LogP contribution is 2.59. The summed E-state index contributed by atoms with van der Waals surface area (Å²) in [6, 6.07) is 32.9. The standard InChI is InChI=1S/C42H35BN2O2S/c46-48(47)41-36-26-18-14-24(15-19-26)30(36)22-34-39(41)43-38-32(44(34)28-8-3-1-4-9-28)12-7-13-33(38)45(29-10-5-2-6-11-29)35-23-31-25-16-20-27(21-17-25)37(31)42(48)40(35)43/h1-13,22-27H,14-21H2. The van der Waals surface area contributed by atoms with Crippen molar-refractivity contribution in [1.29, 1.82) is 0 Å². The van der Waals surface area contributed by atoms with E-state index in [0.29, 0.717) is 33.5 Å². The number of anilines is 6. The van der Waals surface area contributed by atoms with E-state index in [1.54, 1.807) is 0 Å². The molecule has 0 unspecified atom stereocenters. The van der Waals surface area contributed by atoms with Gasteiger partial charge in [-0.2, -0.15) is 0 Å². The molecular formula is C42H35BN2O2S. The Morgan fingerprint density at radius 2 is 0.896 bits per heavy atom. The van der Waals surface area contributed by atoms with Crippen molar-refractivity contribution < 1.29 is 8.42 Å². The van der Waals surface area contributed by atoms with Crippen LogP contribution in [0.25, 0.3) is 0 Å². The van der Waals surface area contributed by atoms with Crippen LogP contribution in [0, 0.1) is 0 Å². The summed E-state index contributed by atoms with van der Waals surface area (Å²) in [5, 5.41) is 0. The number of rotatable bonds is 2. The fourth-order valence-electron chi connectivity index (χ4n) is 11.5. The third-order valence-electron chi connectivity index (χ3n) is 13.3. The summed E-state index contributed by atoms with van der Waals surface area (Å²) >= 11 is 0. The molecule has 6 aliphatic carbocycles. The molecule has 3 heterocycles. The molecule has 2 fully saturated rings. The van der Waals surface area contributed by atoms with Gasteiger partial charge in [-0.25, -0.2) is 8.42 Å². The minimum Gasteiger partial charge on any atom is -0.311 e. The first-order chi connectivity index (χ1) is 23.6. The third-order valence-corrected chi connectivity index (χ3v) is 15.3. The van der Waals surface area contributed by atoms with Gasteiger partial charge in [0.25, 0.3) is 6.71 Å². The molecule has 4 nitrogen and oxygen atoms in total. The van der Waals surface area contributed by atoms with Crippen LogP contribution in [0.3, 0.4) is 0 Å². The maximum Gasteiger partial charge on any atom is 0.255 e. The molecule has 48 heavy (non-hydrogen) atoms. The second kappa shape index (κ2) is 9.03. The summed E-state index contributed by atoms with van der Waals surface area (Å²) in [5.41, 5.74) is 14.9. The molecule has 0 atom stereocenters. The lowest BCUT2D eigenvalue weighted by molar-refractivity contribution is 0.352. The van der Waals surface area contributed by atoms with Crippen LogP contribution in [0.1, 0.15) is 97.3 Å². The van der Waals surface area contributed by atoms with Crippen molar-refractivity contribution in [1.82, 2.24) is 0 Å². The lowest BCUT2D eigenvalue weighted by Gasteiger charge is -2.51. The van der Waals surface area contributed by atoms with Crippen molar-refractivity contribution in [2.45, 2.75) is 84.8 Å². The molecule has 0 radical (unpaired) electrons. The topological polar surface area (TPSA) is 40.6 Å². The first-order valence-corrected chi connectivity index (χ1v) is 19.6. The summed E-state index contributed by atoms with van der Waals surface area (Å²) in [4.78, 5) is 6.17. The molecule has 0 amide bonds. The molecular weight excluding hydrogens is 607 g/mol. The number of hydrogen-bond acceptors (Lipinski definition) is 4. The van der Waals surface area contributed by atoms with Gasteiger partial charge in [0.1, 0.15) is 0 Å². The van der Waals surface area contributed by atoms with Gasteiger partial charge in [0, 0.05) is 34.1 Å². The summed E-state index contributed by atoms with van der Waals surface area (Å²) < 4.78 is 31.9. The van der Waals surface area contributed by atoms with Crippen LogP contribution in [0.4, 0.5) is 34.1 Å². The molecule has 0 N–H and O–H groups in total. The van der Waals surface area contributed by atoms with Crippen LogP contribution in [-0.4, -0.2) is 15.1 Å². The van der Waals surface area contributed by atoms with Crippen molar-refractivity contribution >= 4 is 67.1 Å². The van der Waals surface area contributed by atoms with E-state index in [0.717, 1.165) is 85.0 Å². The quantitative estimate of drug-likeness (QED) is 0.178. The Balaban J connectivity index is 1.29. The molecule has 234 valence electrons. The number of benzene rings is 5. The minimum absolute atomic E-state index is 0.119. The Labute approximate surface area is 282 Å². The van der Waals surface area contributed by atoms with Gasteiger partial charge in [0.2, 0.25) is 9.84 Å². The highest BCUT2D eigenvalue weighted by Gasteiger charge is 2.56. The number of sulfone groups is 1. The van der Waals surface area contributed by atoms with Crippen LogP contribution >= 0.6 is 0 Å². The zero-order valence-corrected chi connectivity index (χ0v) is 27.6. The lowest BCUT2D eigenvalue weighted by Crippen LogP contribution is -2.66. The van der Waals surface area contributed by atoms with Crippen LogP contribution in [0.5, 0.6) is 0 Å². The number of fused-ring (bicyclic) bond motifs is 4.